The Morgan fingerprint density at radius 2 is 1.89 bits per heavy atom. The number of carbonyl (C=O) groups is 1. The normalized spacial score (nSPS) is 25.6. The molecule has 1 amide bonds. The molecule has 0 aromatic rings. The van der Waals surface area contributed by atoms with E-state index in [1.165, 1.54) is 25.9 Å². The van der Waals surface area contributed by atoms with Crippen LogP contribution >= 0.6 is 0 Å². The predicted octanol–water partition coefficient (Wildman–Crippen LogP) is 2.63. The van der Waals surface area contributed by atoms with Crippen molar-refractivity contribution >= 4 is 6.09 Å². The Bertz CT molecular complexity index is 298. The van der Waals surface area contributed by atoms with E-state index in [-0.39, 0.29) is 11.7 Å². The van der Waals surface area contributed by atoms with Gasteiger partial charge in [0.2, 0.25) is 0 Å². The quantitative estimate of drug-likeness (QED) is 0.837. The van der Waals surface area contributed by atoms with Gasteiger partial charge in [0.05, 0.1) is 0 Å². The predicted molar refractivity (Wildman–Crippen MR) is 76.1 cm³/mol. The van der Waals surface area contributed by atoms with E-state index in [4.69, 9.17) is 4.74 Å². The minimum Gasteiger partial charge on any atom is -0.444 e. The van der Waals surface area contributed by atoms with Crippen LogP contribution in [0, 0.1) is 11.8 Å². The van der Waals surface area contributed by atoms with Crippen LogP contribution in [0.15, 0.2) is 0 Å². The summed E-state index contributed by atoms with van der Waals surface area (Å²) >= 11 is 0. The van der Waals surface area contributed by atoms with E-state index < -0.39 is 0 Å². The maximum Gasteiger partial charge on any atom is 0.410 e. The molecule has 2 rings (SSSR count). The molecule has 4 heteroatoms. The third-order valence-corrected chi connectivity index (χ3v) is 4.10. The van der Waals surface area contributed by atoms with Crippen molar-refractivity contribution in [2.75, 3.05) is 26.2 Å². The summed E-state index contributed by atoms with van der Waals surface area (Å²) in [6, 6.07) is 0. The van der Waals surface area contributed by atoms with E-state index in [0.29, 0.717) is 0 Å². The molecule has 0 bridgehead atoms. The summed E-state index contributed by atoms with van der Waals surface area (Å²) in [4.78, 5) is 13.8. The fraction of sp³-hybridized carbons (Fsp3) is 0.933. The lowest BCUT2D eigenvalue weighted by Crippen LogP contribution is -2.42. The molecule has 0 aromatic carbocycles. The molecule has 2 aliphatic heterocycles. The van der Waals surface area contributed by atoms with Crippen molar-refractivity contribution < 1.29 is 9.53 Å². The minimum absolute atomic E-state index is 0.145. The Labute approximate surface area is 116 Å². The van der Waals surface area contributed by atoms with Crippen molar-refractivity contribution in [3.63, 3.8) is 0 Å². The molecule has 0 saturated carbocycles. The molecule has 19 heavy (non-hydrogen) atoms. The van der Waals surface area contributed by atoms with Crippen LogP contribution in [0.5, 0.6) is 0 Å². The van der Waals surface area contributed by atoms with Crippen molar-refractivity contribution in [1.82, 2.24) is 10.2 Å². The van der Waals surface area contributed by atoms with E-state index in [1.54, 1.807) is 0 Å². The van der Waals surface area contributed by atoms with E-state index in [2.05, 4.69) is 5.32 Å². The highest BCUT2D eigenvalue weighted by Gasteiger charge is 2.28. The van der Waals surface area contributed by atoms with Gasteiger partial charge in [-0.05, 0) is 71.4 Å². The number of rotatable bonds is 2. The van der Waals surface area contributed by atoms with Crippen LogP contribution in [0.4, 0.5) is 4.79 Å². The second-order valence-electron chi connectivity index (χ2n) is 7.01. The first kappa shape index (κ1) is 14.6. The Morgan fingerprint density at radius 1 is 1.21 bits per heavy atom. The van der Waals surface area contributed by atoms with Gasteiger partial charge in [0, 0.05) is 13.1 Å². The monoisotopic (exact) mass is 268 g/mol. The first-order valence-corrected chi connectivity index (χ1v) is 7.63. The average Bonchev–Trinajstić information content (AvgIpc) is 2.80. The van der Waals surface area contributed by atoms with E-state index in [0.717, 1.165) is 37.8 Å². The Morgan fingerprint density at radius 3 is 2.42 bits per heavy atom. The molecule has 2 heterocycles. The maximum absolute atomic E-state index is 12.0. The molecular weight excluding hydrogens is 240 g/mol. The summed E-state index contributed by atoms with van der Waals surface area (Å²) in [6.07, 6.45) is 4.78. The standard InChI is InChI=1S/C15H28N2O2/c1-15(2,3)19-14(18)17-8-5-12(6-9-17)10-13-4-7-16-11-13/h12-13,16H,4-11H2,1-3H3. The zero-order valence-corrected chi connectivity index (χ0v) is 12.6. The largest absolute Gasteiger partial charge is 0.444 e. The summed E-state index contributed by atoms with van der Waals surface area (Å²) in [6.45, 7) is 9.85. The van der Waals surface area contributed by atoms with Crippen molar-refractivity contribution in [2.24, 2.45) is 11.8 Å². The molecule has 0 radical (unpaired) electrons. The van der Waals surface area contributed by atoms with E-state index in [1.807, 2.05) is 25.7 Å². The molecule has 2 fully saturated rings. The van der Waals surface area contributed by atoms with Crippen LogP contribution < -0.4 is 5.32 Å². The summed E-state index contributed by atoms with van der Waals surface area (Å²) in [7, 11) is 0. The van der Waals surface area contributed by atoms with Gasteiger partial charge in [-0.2, -0.15) is 0 Å². The highest BCUT2D eigenvalue weighted by atomic mass is 16.6. The fourth-order valence-corrected chi connectivity index (χ4v) is 3.06. The van der Waals surface area contributed by atoms with Gasteiger partial charge in [0.15, 0.2) is 0 Å². The summed E-state index contributed by atoms with van der Waals surface area (Å²) in [5.74, 6) is 1.65. The lowest BCUT2D eigenvalue weighted by molar-refractivity contribution is 0.0176. The van der Waals surface area contributed by atoms with Gasteiger partial charge >= 0.3 is 6.09 Å². The highest BCUT2D eigenvalue weighted by molar-refractivity contribution is 5.68. The van der Waals surface area contributed by atoms with Crippen molar-refractivity contribution in [2.45, 2.75) is 52.1 Å². The smallest absolute Gasteiger partial charge is 0.410 e. The Balaban J connectivity index is 1.71. The zero-order chi connectivity index (χ0) is 13.9. The molecular formula is C15H28N2O2. The fourth-order valence-electron chi connectivity index (χ4n) is 3.06. The van der Waals surface area contributed by atoms with Gasteiger partial charge in [0.25, 0.3) is 0 Å². The zero-order valence-electron chi connectivity index (χ0n) is 12.6. The van der Waals surface area contributed by atoms with Crippen LogP contribution in [0.25, 0.3) is 0 Å². The number of hydrogen-bond donors (Lipinski definition) is 1. The summed E-state index contributed by atoms with van der Waals surface area (Å²) in [5.41, 5.74) is -0.385. The number of piperidine rings is 1. The van der Waals surface area contributed by atoms with E-state index >= 15 is 0 Å². The molecule has 1 N–H and O–H groups in total. The van der Waals surface area contributed by atoms with Crippen molar-refractivity contribution in [3.05, 3.63) is 0 Å². The molecule has 1 unspecified atom stereocenters. The number of hydrogen-bond acceptors (Lipinski definition) is 3. The van der Waals surface area contributed by atoms with Crippen LogP contribution in [0.3, 0.4) is 0 Å². The second kappa shape index (κ2) is 6.12. The van der Waals surface area contributed by atoms with Gasteiger partial charge in [0.1, 0.15) is 5.60 Å². The first-order valence-electron chi connectivity index (χ1n) is 7.63. The van der Waals surface area contributed by atoms with Gasteiger partial charge in [-0.1, -0.05) is 0 Å². The molecule has 2 saturated heterocycles. The highest BCUT2D eigenvalue weighted by Crippen LogP contribution is 2.27. The lowest BCUT2D eigenvalue weighted by Gasteiger charge is -2.34. The summed E-state index contributed by atoms with van der Waals surface area (Å²) < 4.78 is 5.42. The Hall–Kier alpha value is -0.770. The van der Waals surface area contributed by atoms with Crippen LogP contribution in [0.1, 0.15) is 46.5 Å². The molecule has 4 nitrogen and oxygen atoms in total. The second-order valence-corrected chi connectivity index (χ2v) is 7.01. The molecule has 0 spiro atoms. The third-order valence-electron chi connectivity index (χ3n) is 4.10. The Kier molecular flexibility index (Phi) is 4.71. The number of ether oxygens (including phenoxy) is 1. The molecule has 110 valence electrons. The van der Waals surface area contributed by atoms with Gasteiger partial charge in [-0.15, -0.1) is 0 Å². The van der Waals surface area contributed by atoms with Crippen molar-refractivity contribution in [3.8, 4) is 0 Å². The first-order chi connectivity index (χ1) is 8.94. The number of nitrogens with zero attached hydrogens (tertiary/aromatic N) is 1. The average molecular weight is 268 g/mol. The minimum atomic E-state index is -0.385. The number of likely N-dealkylation sites (tertiary alicyclic amines) is 1. The number of nitrogens with one attached hydrogen (secondary N) is 1. The van der Waals surface area contributed by atoms with Crippen LogP contribution in [-0.4, -0.2) is 42.8 Å². The number of amides is 1. The van der Waals surface area contributed by atoms with Crippen molar-refractivity contribution in [1.29, 1.82) is 0 Å². The molecule has 1 atom stereocenters. The maximum atomic E-state index is 12.0. The van der Waals surface area contributed by atoms with E-state index in [9.17, 15) is 4.79 Å². The molecule has 0 aliphatic carbocycles. The van der Waals surface area contributed by atoms with Crippen LogP contribution in [0.2, 0.25) is 0 Å². The molecule has 2 aliphatic rings. The topological polar surface area (TPSA) is 41.6 Å². The molecule has 0 aromatic heterocycles. The van der Waals surface area contributed by atoms with Gasteiger partial charge in [-0.3, -0.25) is 0 Å². The van der Waals surface area contributed by atoms with Gasteiger partial charge in [-0.25, -0.2) is 4.79 Å². The SMILES string of the molecule is CC(C)(C)OC(=O)N1CCC(CC2CCNC2)CC1. The van der Waals surface area contributed by atoms with Crippen LogP contribution in [-0.2, 0) is 4.74 Å². The lowest BCUT2D eigenvalue weighted by atomic mass is 9.87. The summed E-state index contributed by atoms with van der Waals surface area (Å²) in [5, 5.41) is 3.43. The third kappa shape index (κ3) is 4.68. The van der Waals surface area contributed by atoms with Gasteiger partial charge < -0.3 is 15.0 Å². The number of carbonyl (C=O) groups excluding carboxylic acids is 1.